The van der Waals surface area contributed by atoms with Gasteiger partial charge < -0.3 is 14.6 Å². The first kappa shape index (κ1) is 21.5. The number of nitrogens with zero attached hydrogens (tertiary/aromatic N) is 3. The fraction of sp³-hybridized carbons (Fsp3) is 0.320. The summed E-state index contributed by atoms with van der Waals surface area (Å²) in [6, 6.07) is 10.2. The zero-order chi connectivity index (χ0) is 24.3. The molecule has 2 N–H and O–H groups in total. The molecule has 2 aliphatic heterocycles. The molecule has 2 fully saturated rings. The number of benzene rings is 2. The van der Waals surface area contributed by atoms with Crippen LogP contribution in [0.5, 0.6) is 0 Å². The van der Waals surface area contributed by atoms with Crippen LogP contribution < -0.4 is 10.6 Å². The molecule has 1 aliphatic carbocycles. The van der Waals surface area contributed by atoms with Gasteiger partial charge in [0.05, 0.1) is 12.1 Å². The van der Waals surface area contributed by atoms with Gasteiger partial charge in [0.1, 0.15) is 11.9 Å². The minimum Gasteiger partial charge on any atom is -0.403 e. The summed E-state index contributed by atoms with van der Waals surface area (Å²) >= 11 is 0. The molecule has 1 saturated carbocycles. The van der Waals surface area contributed by atoms with E-state index in [0.717, 1.165) is 11.1 Å². The summed E-state index contributed by atoms with van der Waals surface area (Å²) in [5.41, 5.74) is 2.41. The fourth-order valence-electron chi connectivity index (χ4n) is 4.79. The fourth-order valence-corrected chi connectivity index (χ4v) is 4.79. The number of hydrogen-bond donors (Lipinski definition) is 2. The molecule has 1 atom stereocenters. The molecule has 0 bridgehead atoms. The van der Waals surface area contributed by atoms with Gasteiger partial charge in [-0.05, 0) is 56.0 Å². The number of amides is 3. The number of rotatable bonds is 5. The second-order valence-electron chi connectivity index (χ2n) is 9.37. The summed E-state index contributed by atoms with van der Waals surface area (Å²) < 4.78 is 21.0. The van der Waals surface area contributed by atoms with Gasteiger partial charge in [-0.3, -0.25) is 19.7 Å². The van der Waals surface area contributed by atoms with Crippen LogP contribution >= 0.6 is 0 Å². The molecule has 35 heavy (non-hydrogen) atoms. The highest BCUT2D eigenvalue weighted by atomic mass is 19.1. The molecule has 9 nitrogen and oxygen atoms in total. The van der Waals surface area contributed by atoms with E-state index in [1.165, 1.54) is 11.0 Å². The Morgan fingerprint density at radius 2 is 1.91 bits per heavy atom. The molecule has 0 spiro atoms. The highest BCUT2D eigenvalue weighted by Crippen LogP contribution is 2.49. The number of aryl methyl sites for hydroxylation is 1. The van der Waals surface area contributed by atoms with Crippen LogP contribution in [0, 0.1) is 12.7 Å². The van der Waals surface area contributed by atoms with Crippen molar-refractivity contribution >= 4 is 23.7 Å². The zero-order valence-corrected chi connectivity index (χ0v) is 18.9. The Kier molecular flexibility index (Phi) is 4.73. The standard InChI is InChI=1S/C25H22FN5O4/c1-13-2-4-14(5-3-13)22-29-30-24(35-22)28-25(8-9-25)15-10-16-17(18(26)11-15)12-31(23(16)34)19-6-7-20(32)27-21(19)33/h2-5,10-11,19H,6-9,12H2,1H3,(H,28,30)(H,27,32,33). The zero-order valence-electron chi connectivity index (χ0n) is 18.9. The van der Waals surface area contributed by atoms with Gasteiger partial charge in [0.2, 0.25) is 17.7 Å². The van der Waals surface area contributed by atoms with Gasteiger partial charge in [-0.15, -0.1) is 5.10 Å². The maximum atomic E-state index is 15.2. The summed E-state index contributed by atoms with van der Waals surface area (Å²) in [6.45, 7) is 1.99. The third kappa shape index (κ3) is 3.65. The number of piperidine rings is 1. The van der Waals surface area contributed by atoms with Crippen molar-refractivity contribution < 1.29 is 23.2 Å². The number of imide groups is 1. The van der Waals surface area contributed by atoms with Crippen molar-refractivity contribution in [2.45, 2.75) is 50.7 Å². The van der Waals surface area contributed by atoms with Crippen LogP contribution in [0.15, 0.2) is 40.8 Å². The third-order valence-corrected chi connectivity index (χ3v) is 6.97. The van der Waals surface area contributed by atoms with Gasteiger partial charge in [0.25, 0.3) is 5.91 Å². The molecule has 3 heterocycles. The lowest BCUT2D eigenvalue weighted by atomic mass is 9.98. The molecule has 0 radical (unpaired) electrons. The van der Waals surface area contributed by atoms with E-state index in [4.69, 9.17) is 4.42 Å². The molecule has 3 amide bonds. The molecule has 178 valence electrons. The number of nitrogens with one attached hydrogen (secondary N) is 2. The number of aromatic nitrogens is 2. The molecule has 2 aromatic carbocycles. The van der Waals surface area contributed by atoms with Gasteiger partial charge in [-0.2, -0.15) is 0 Å². The average Bonchev–Trinajstić information content (AvgIpc) is 3.33. The van der Waals surface area contributed by atoms with E-state index in [-0.39, 0.29) is 42.4 Å². The van der Waals surface area contributed by atoms with E-state index < -0.39 is 29.2 Å². The number of halogens is 1. The lowest BCUT2D eigenvalue weighted by molar-refractivity contribution is -0.136. The topological polar surface area (TPSA) is 117 Å². The molecule has 3 aliphatic rings. The molecule has 10 heteroatoms. The van der Waals surface area contributed by atoms with Gasteiger partial charge in [-0.25, -0.2) is 4.39 Å². The van der Waals surface area contributed by atoms with E-state index in [1.807, 2.05) is 31.2 Å². The smallest absolute Gasteiger partial charge is 0.316 e. The van der Waals surface area contributed by atoms with E-state index >= 15 is 4.39 Å². The van der Waals surface area contributed by atoms with Crippen molar-refractivity contribution in [3.05, 3.63) is 64.5 Å². The number of carbonyl (C=O) groups excluding carboxylic acids is 3. The van der Waals surface area contributed by atoms with Crippen LogP contribution in [0.3, 0.4) is 0 Å². The number of anilines is 1. The largest absolute Gasteiger partial charge is 0.403 e. The normalized spacial score (nSPS) is 20.6. The van der Waals surface area contributed by atoms with E-state index in [9.17, 15) is 14.4 Å². The summed E-state index contributed by atoms with van der Waals surface area (Å²) in [6.07, 6.45) is 1.79. The first-order valence-corrected chi connectivity index (χ1v) is 11.5. The van der Waals surface area contributed by atoms with Crippen molar-refractivity contribution in [1.82, 2.24) is 20.4 Å². The summed E-state index contributed by atoms with van der Waals surface area (Å²) in [4.78, 5) is 38.3. The number of hydrogen-bond acceptors (Lipinski definition) is 7. The van der Waals surface area contributed by atoms with Gasteiger partial charge in [-0.1, -0.05) is 22.8 Å². The molecule has 1 saturated heterocycles. The number of carbonyl (C=O) groups is 3. The van der Waals surface area contributed by atoms with E-state index in [0.29, 0.717) is 24.3 Å². The molecular weight excluding hydrogens is 453 g/mol. The lowest BCUT2D eigenvalue weighted by Gasteiger charge is -2.29. The average molecular weight is 475 g/mol. The molecule has 6 rings (SSSR count). The first-order valence-electron chi connectivity index (χ1n) is 11.5. The van der Waals surface area contributed by atoms with Crippen molar-refractivity contribution in [3.63, 3.8) is 0 Å². The van der Waals surface area contributed by atoms with E-state index in [2.05, 4.69) is 20.8 Å². The quantitative estimate of drug-likeness (QED) is 0.545. The SMILES string of the molecule is Cc1ccc(-c2nnc(NC3(c4cc(F)c5c(c4)C(=O)N(C4CCC(=O)NC4=O)C5)CC3)o2)cc1. The van der Waals surface area contributed by atoms with E-state index in [1.54, 1.807) is 6.07 Å². The van der Waals surface area contributed by atoms with Crippen molar-refractivity contribution in [3.8, 4) is 11.5 Å². The minimum absolute atomic E-state index is 0.00342. The first-order chi connectivity index (χ1) is 16.8. The van der Waals surface area contributed by atoms with Crippen molar-refractivity contribution in [1.29, 1.82) is 0 Å². The Labute approximate surface area is 199 Å². The van der Waals surface area contributed by atoms with Crippen LogP contribution in [-0.4, -0.2) is 38.9 Å². The maximum absolute atomic E-state index is 15.2. The Bertz CT molecular complexity index is 1380. The molecule has 3 aromatic rings. The van der Waals surface area contributed by atoms with Crippen molar-refractivity contribution in [2.24, 2.45) is 0 Å². The lowest BCUT2D eigenvalue weighted by Crippen LogP contribution is -2.52. The minimum atomic E-state index is -0.790. The second kappa shape index (κ2) is 7.72. The summed E-state index contributed by atoms with van der Waals surface area (Å²) in [5.74, 6) is -1.43. The molecule has 1 unspecified atom stereocenters. The van der Waals surface area contributed by atoms with Gasteiger partial charge in [0, 0.05) is 23.1 Å². The second-order valence-corrected chi connectivity index (χ2v) is 9.37. The predicted molar refractivity (Wildman–Crippen MR) is 121 cm³/mol. The summed E-state index contributed by atoms with van der Waals surface area (Å²) in [5, 5.41) is 13.7. The summed E-state index contributed by atoms with van der Waals surface area (Å²) in [7, 11) is 0. The van der Waals surface area contributed by atoms with Gasteiger partial charge >= 0.3 is 6.01 Å². The van der Waals surface area contributed by atoms with Gasteiger partial charge in [0.15, 0.2) is 0 Å². The monoisotopic (exact) mass is 475 g/mol. The Hall–Kier alpha value is -4.08. The Balaban J connectivity index is 1.25. The number of fused-ring (bicyclic) bond motifs is 1. The van der Waals surface area contributed by atoms with Crippen LogP contribution in [0.4, 0.5) is 10.4 Å². The van der Waals surface area contributed by atoms with Crippen LogP contribution in [0.2, 0.25) is 0 Å². The highest BCUT2D eigenvalue weighted by Gasteiger charge is 2.48. The molecular formula is C25H22FN5O4. The van der Waals surface area contributed by atoms with Crippen LogP contribution in [0.25, 0.3) is 11.5 Å². The predicted octanol–water partition coefficient (Wildman–Crippen LogP) is 3.05. The highest BCUT2D eigenvalue weighted by molar-refractivity contribution is 6.05. The van der Waals surface area contributed by atoms with Crippen molar-refractivity contribution in [2.75, 3.05) is 5.32 Å². The Morgan fingerprint density at radius 1 is 1.14 bits per heavy atom. The maximum Gasteiger partial charge on any atom is 0.316 e. The third-order valence-electron chi connectivity index (χ3n) is 6.97. The van der Waals surface area contributed by atoms with Crippen LogP contribution in [0.1, 0.15) is 52.7 Å². The molecule has 1 aromatic heterocycles. The Morgan fingerprint density at radius 3 is 2.63 bits per heavy atom. The van der Waals surface area contributed by atoms with Crippen LogP contribution in [-0.2, 0) is 21.7 Å².